The van der Waals surface area contributed by atoms with E-state index in [-0.39, 0.29) is 5.56 Å². The number of thiophene rings is 1. The molecule has 0 aliphatic rings. The van der Waals surface area contributed by atoms with Gasteiger partial charge in [0.2, 0.25) is 5.91 Å². The number of amides is 1. The number of nitrogens with two attached hydrogens (primary N) is 1. The summed E-state index contributed by atoms with van der Waals surface area (Å²) in [5, 5.41) is 5.01. The van der Waals surface area contributed by atoms with Gasteiger partial charge in [-0.25, -0.2) is 0 Å². The highest BCUT2D eigenvalue weighted by atomic mass is 35.5. The molecule has 0 saturated heterocycles. The quantitative estimate of drug-likeness (QED) is 0.364. The molecule has 0 bridgehead atoms. The SMILES string of the molecule is Nc1ccc(/C=C/NC(=O)C(c2csc3ccc(Cl)cc23)P(=O)(O)O)cc1. The molecule has 1 aromatic heterocycles. The van der Waals surface area contributed by atoms with Crippen LogP contribution in [0.4, 0.5) is 5.69 Å². The van der Waals surface area contributed by atoms with Gasteiger partial charge in [-0.3, -0.25) is 9.36 Å². The zero-order valence-electron chi connectivity index (χ0n) is 13.9. The summed E-state index contributed by atoms with van der Waals surface area (Å²) in [6.45, 7) is 0. The van der Waals surface area contributed by atoms with E-state index in [1.807, 2.05) is 0 Å². The summed E-state index contributed by atoms with van der Waals surface area (Å²) in [6.07, 6.45) is 2.95. The normalized spacial score (nSPS) is 13.1. The molecule has 0 radical (unpaired) electrons. The fourth-order valence-electron chi connectivity index (χ4n) is 2.61. The first kappa shape index (κ1) is 19.6. The molecule has 3 rings (SSSR count). The monoisotopic (exact) mass is 422 g/mol. The number of nitrogens with one attached hydrogen (secondary N) is 1. The van der Waals surface area contributed by atoms with Gasteiger partial charge in [0.25, 0.3) is 0 Å². The molecule has 1 heterocycles. The third-order valence-electron chi connectivity index (χ3n) is 3.88. The van der Waals surface area contributed by atoms with Crippen LogP contribution in [0.5, 0.6) is 0 Å². The molecule has 1 unspecified atom stereocenters. The van der Waals surface area contributed by atoms with Crippen LogP contribution in [0.1, 0.15) is 16.8 Å². The number of nitrogen functional groups attached to an aromatic ring is 1. The average Bonchev–Trinajstić information content (AvgIpc) is 2.98. The zero-order valence-corrected chi connectivity index (χ0v) is 16.3. The van der Waals surface area contributed by atoms with Crippen molar-refractivity contribution in [3.8, 4) is 0 Å². The Labute approximate surface area is 164 Å². The Hall–Kier alpha value is -2.15. The van der Waals surface area contributed by atoms with E-state index in [1.165, 1.54) is 17.5 Å². The van der Waals surface area contributed by atoms with Crippen LogP contribution in [0.2, 0.25) is 5.02 Å². The summed E-state index contributed by atoms with van der Waals surface area (Å²) in [7, 11) is -4.76. The maximum absolute atomic E-state index is 12.6. The Morgan fingerprint density at radius 2 is 1.93 bits per heavy atom. The molecule has 0 fully saturated rings. The molecule has 3 aromatic rings. The lowest BCUT2D eigenvalue weighted by molar-refractivity contribution is -0.120. The summed E-state index contributed by atoms with van der Waals surface area (Å²) in [6, 6.07) is 12.0. The Bertz CT molecular complexity index is 1060. The lowest BCUT2D eigenvalue weighted by Crippen LogP contribution is -2.25. The van der Waals surface area contributed by atoms with Crippen LogP contribution < -0.4 is 11.1 Å². The molecule has 9 heteroatoms. The van der Waals surface area contributed by atoms with Crippen LogP contribution in [0.25, 0.3) is 16.2 Å². The van der Waals surface area contributed by atoms with Crippen LogP contribution in [0.15, 0.2) is 54.0 Å². The number of hydrogen-bond donors (Lipinski definition) is 4. The number of carbonyl (C=O) groups excluding carboxylic acids is 1. The molecular weight excluding hydrogens is 407 g/mol. The topological polar surface area (TPSA) is 113 Å². The molecule has 0 saturated carbocycles. The predicted molar refractivity (Wildman–Crippen MR) is 110 cm³/mol. The van der Waals surface area contributed by atoms with Gasteiger partial charge in [-0.1, -0.05) is 23.7 Å². The smallest absolute Gasteiger partial charge is 0.342 e. The van der Waals surface area contributed by atoms with E-state index in [0.717, 1.165) is 10.3 Å². The lowest BCUT2D eigenvalue weighted by Gasteiger charge is -2.16. The second-order valence-electron chi connectivity index (χ2n) is 5.83. The van der Waals surface area contributed by atoms with Gasteiger partial charge in [-0.15, -0.1) is 11.3 Å². The van der Waals surface area contributed by atoms with Crippen molar-refractivity contribution in [1.29, 1.82) is 0 Å². The molecule has 5 N–H and O–H groups in total. The first-order chi connectivity index (χ1) is 12.8. The Morgan fingerprint density at radius 1 is 1.22 bits per heavy atom. The lowest BCUT2D eigenvalue weighted by atomic mass is 10.1. The van der Waals surface area contributed by atoms with Gasteiger partial charge in [-0.2, -0.15) is 0 Å². The van der Waals surface area contributed by atoms with Crippen LogP contribution in [-0.2, 0) is 9.36 Å². The summed E-state index contributed by atoms with van der Waals surface area (Å²) in [4.78, 5) is 32.1. The molecule has 1 atom stereocenters. The minimum absolute atomic E-state index is 0.254. The van der Waals surface area contributed by atoms with Gasteiger partial charge in [-0.05, 0) is 58.3 Å². The van der Waals surface area contributed by atoms with Gasteiger partial charge in [0.1, 0.15) is 0 Å². The second kappa shape index (κ2) is 7.84. The molecule has 140 valence electrons. The van der Waals surface area contributed by atoms with Crippen molar-refractivity contribution in [2.75, 3.05) is 5.73 Å². The minimum atomic E-state index is -4.76. The highest BCUT2D eigenvalue weighted by molar-refractivity contribution is 7.53. The Kier molecular flexibility index (Phi) is 5.69. The van der Waals surface area contributed by atoms with E-state index < -0.39 is 19.2 Å². The number of anilines is 1. The molecule has 27 heavy (non-hydrogen) atoms. The third kappa shape index (κ3) is 4.58. The number of hydrogen-bond acceptors (Lipinski definition) is 4. The fraction of sp³-hybridized carbons (Fsp3) is 0.0556. The molecule has 1 amide bonds. The predicted octanol–water partition coefficient (Wildman–Crippen LogP) is 4.14. The van der Waals surface area contributed by atoms with E-state index in [2.05, 4.69) is 5.32 Å². The van der Waals surface area contributed by atoms with Gasteiger partial charge in [0, 0.05) is 21.6 Å². The Morgan fingerprint density at radius 3 is 2.59 bits per heavy atom. The molecule has 6 nitrogen and oxygen atoms in total. The Balaban J connectivity index is 1.88. The summed E-state index contributed by atoms with van der Waals surface area (Å²) < 4.78 is 12.8. The summed E-state index contributed by atoms with van der Waals surface area (Å²) in [5.74, 6) is -0.797. The minimum Gasteiger partial charge on any atom is -0.399 e. The van der Waals surface area contributed by atoms with Crippen molar-refractivity contribution in [2.24, 2.45) is 0 Å². The molecule has 2 aromatic carbocycles. The third-order valence-corrected chi connectivity index (χ3v) is 6.28. The highest BCUT2D eigenvalue weighted by Crippen LogP contribution is 2.54. The number of rotatable bonds is 5. The maximum atomic E-state index is 12.6. The van der Waals surface area contributed by atoms with E-state index in [0.29, 0.717) is 16.1 Å². The van der Waals surface area contributed by atoms with Crippen molar-refractivity contribution in [3.63, 3.8) is 0 Å². The molecular formula is C18H16ClN2O4PS. The van der Waals surface area contributed by atoms with Crippen molar-refractivity contribution in [3.05, 3.63) is 70.2 Å². The van der Waals surface area contributed by atoms with E-state index >= 15 is 0 Å². The number of benzene rings is 2. The van der Waals surface area contributed by atoms with E-state index in [9.17, 15) is 19.1 Å². The zero-order chi connectivity index (χ0) is 19.6. The largest absolute Gasteiger partial charge is 0.399 e. The summed E-state index contributed by atoms with van der Waals surface area (Å²) >= 11 is 7.29. The second-order valence-corrected chi connectivity index (χ2v) is 8.87. The first-order valence-electron chi connectivity index (χ1n) is 7.80. The van der Waals surface area contributed by atoms with Crippen LogP contribution >= 0.6 is 30.5 Å². The average molecular weight is 423 g/mol. The maximum Gasteiger partial charge on any atom is 0.342 e. The number of carbonyl (C=O) groups is 1. The molecule has 0 aliphatic carbocycles. The van der Waals surface area contributed by atoms with Crippen molar-refractivity contribution >= 4 is 58.3 Å². The van der Waals surface area contributed by atoms with E-state index in [1.54, 1.807) is 53.9 Å². The number of halogens is 1. The van der Waals surface area contributed by atoms with Crippen LogP contribution in [0, 0.1) is 0 Å². The van der Waals surface area contributed by atoms with Crippen molar-refractivity contribution in [2.45, 2.75) is 5.66 Å². The van der Waals surface area contributed by atoms with Crippen molar-refractivity contribution in [1.82, 2.24) is 5.32 Å². The van der Waals surface area contributed by atoms with Gasteiger partial charge < -0.3 is 20.8 Å². The standard InChI is InChI=1S/C18H16ClN2O4PS/c19-12-3-6-16-14(9-12)15(10-27-16)17(26(23,24)25)18(22)21-8-7-11-1-4-13(20)5-2-11/h1-10,17H,20H2,(H,21,22)(H2,23,24,25)/b8-7+. The van der Waals surface area contributed by atoms with E-state index in [4.69, 9.17) is 17.3 Å². The fourth-order valence-corrected chi connectivity index (χ4v) is 4.81. The van der Waals surface area contributed by atoms with Gasteiger partial charge >= 0.3 is 7.60 Å². The van der Waals surface area contributed by atoms with Crippen molar-refractivity contribution < 1.29 is 19.1 Å². The van der Waals surface area contributed by atoms with Crippen LogP contribution in [0.3, 0.4) is 0 Å². The molecule has 0 aliphatic heterocycles. The van der Waals surface area contributed by atoms with Gasteiger partial charge in [0.15, 0.2) is 5.66 Å². The molecule has 0 spiro atoms. The van der Waals surface area contributed by atoms with Crippen LogP contribution in [-0.4, -0.2) is 15.7 Å². The highest BCUT2D eigenvalue weighted by Gasteiger charge is 2.38. The summed E-state index contributed by atoms with van der Waals surface area (Å²) in [5.41, 5.74) is 5.64. The first-order valence-corrected chi connectivity index (χ1v) is 10.7. The number of fused-ring (bicyclic) bond motifs is 1. The van der Waals surface area contributed by atoms with Gasteiger partial charge in [0.05, 0.1) is 0 Å².